The number of rotatable bonds is 4. The first-order valence-electron chi connectivity index (χ1n) is 19.1. The van der Waals surface area contributed by atoms with Crippen molar-refractivity contribution in [1.82, 2.24) is 0 Å². The summed E-state index contributed by atoms with van der Waals surface area (Å²) in [5.41, 5.74) is 13.0. The lowest BCUT2D eigenvalue weighted by Crippen LogP contribution is -1.94. The molecule has 10 aromatic carbocycles. The molecule has 0 fully saturated rings. The van der Waals surface area contributed by atoms with Crippen molar-refractivity contribution in [2.75, 3.05) is 0 Å². The second-order valence-corrected chi connectivity index (χ2v) is 15.9. The summed E-state index contributed by atoms with van der Waals surface area (Å²) < 4.78 is 2.64. The second-order valence-electron chi connectivity index (χ2n) is 14.8. The van der Waals surface area contributed by atoms with Crippen molar-refractivity contribution in [3.05, 3.63) is 193 Å². The van der Waals surface area contributed by atoms with Gasteiger partial charge in [-0.05, 0) is 119 Å². The molecule has 0 aliphatic heterocycles. The summed E-state index contributed by atoms with van der Waals surface area (Å²) in [6, 6.07) is 67.6. The summed E-state index contributed by atoms with van der Waals surface area (Å²) in [6.07, 6.45) is 0. The van der Waals surface area contributed by atoms with Crippen LogP contribution in [0.3, 0.4) is 0 Å². The van der Waals surface area contributed by atoms with E-state index in [1.54, 1.807) is 0 Å². The van der Waals surface area contributed by atoms with Crippen LogP contribution in [0.2, 0.25) is 0 Å². The lowest BCUT2D eigenvalue weighted by atomic mass is 9.83. The Bertz CT molecular complexity index is 3190. The van der Waals surface area contributed by atoms with Gasteiger partial charge >= 0.3 is 0 Å². The highest BCUT2D eigenvalue weighted by atomic mass is 32.1. The molecule has 0 aliphatic carbocycles. The van der Waals surface area contributed by atoms with E-state index in [1.807, 2.05) is 11.3 Å². The fraction of sp³-hybridized carbons (Fsp3) is 0.0370. The molecule has 55 heavy (non-hydrogen) atoms. The van der Waals surface area contributed by atoms with E-state index >= 15 is 0 Å². The van der Waals surface area contributed by atoms with Gasteiger partial charge in [0, 0.05) is 25.7 Å². The number of thiophene rings is 1. The van der Waals surface area contributed by atoms with Crippen molar-refractivity contribution >= 4 is 74.6 Å². The molecule has 1 heterocycles. The zero-order valence-electron chi connectivity index (χ0n) is 30.7. The lowest BCUT2D eigenvalue weighted by molar-refractivity contribution is 1.39. The maximum Gasteiger partial charge on any atom is 0.0434 e. The Morgan fingerprint density at radius 3 is 1.27 bits per heavy atom. The summed E-state index contributed by atoms with van der Waals surface area (Å²) in [6.45, 7) is 4.49. The Balaban J connectivity index is 1.18. The number of hydrogen-bond donors (Lipinski definition) is 0. The van der Waals surface area contributed by atoms with Crippen LogP contribution in [0, 0.1) is 13.8 Å². The zero-order valence-corrected chi connectivity index (χ0v) is 31.5. The van der Waals surface area contributed by atoms with Crippen molar-refractivity contribution in [2.24, 2.45) is 0 Å². The van der Waals surface area contributed by atoms with Crippen molar-refractivity contribution in [2.45, 2.75) is 13.8 Å². The van der Waals surface area contributed by atoms with Crippen LogP contribution >= 0.6 is 11.3 Å². The molecule has 11 aromatic rings. The molecule has 0 nitrogen and oxygen atoms in total. The van der Waals surface area contributed by atoms with Crippen LogP contribution < -0.4 is 0 Å². The molecule has 0 aliphatic rings. The third kappa shape index (κ3) is 4.83. The van der Waals surface area contributed by atoms with Gasteiger partial charge in [0.05, 0.1) is 0 Å². The quantitative estimate of drug-likeness (QED) is 0.159. The predicted molar refractivity (Wildman–Crippen MR) is 241 cm³/mol. The largest absolute Gasteiger partial charge is 0.135 e. The molecule has 0 saturated heterocycles. The molecule has 0 spiro atoms. The number of fused-ring (bicyclic) bond motifs is 7. The molecule has 0 atom stereocenters. The fourth-order valence-electron chi connectivity index (χ4n) is 9.40. The summed E-state index contributed by atoms with van der Waals surface area (Å²) in [5.74, 6) is 0. The minimum atomic E-state index is 1.25. The maximum atomic E-state index is 2.46. The number of benzene rings is 10. The van der Waals surface area contributed by atoms with Gasteiger partial charge in [-0.3, -0.25) is 0 Å². The van der Waals surface area contributed by atoms with Gasteiger partial charge in [0.2, 0.25) is 0 Å². The second kappa shape index (κ2) is 12.5. The first-order chi connectivity index (χ1) is 27.2. The van der Waals surface area contributed by atoms with Gasteiger partial charge in [0.25, 0.3) is 0 Å². The number of hydrogen-bond acceptors (Lipinski definition) is 1. The van der Waals surface area contributed by atoms with Gasteiger partial charge in [-0.2, -0.15) is 0 Å². The Hall–Kier alpha value is -6.54. The van der Waals surface area contributed by atoms with Crippen LogP contribution in [0.25, 0.3) is 108 Å². The molecule has 258 valence electrons. The van der Waals surface area contributed by atoms with Crippen molar-refractivity contribution in [1.29, 1.82) is 0 Å². The first kappa shape index (κ1) is 31.9. The van der Waals surface area contributed by atoms with E-state index in [9.17, 15) is 0 Å². The first-order valence-corrected chi connectivity index (χ1v) is 19.9. The average molecular weight is 717 g/mol. The molecular weight excluding hydrogens is 681 g/mol. The summed E-state index contributed by atoms with van der Waals surface area (Å²) in [5, 5.41) is 12.9. The topological polar surface area (TPSA) is 0 Å². The molecule has 0 radical (unpaired) electrons. The summed E-state index contributed by atoms with van der Waals surface area (Å²) in [7, 11) is 0. The van der Waals surface area contributed by atoms with Crippen molar-refractivity contribution < 1.29 is 0 Å². The summed E-state index contributed by atoms with van der Waals surface area (Å²) >= 11 is 1.91. The SMILES string of the molecule is Cc1cccc(C)c1-c1c2ccccc2c(-c2ccc3sc4c(-c5c6ccccc6c(-c6ccccc6)c6ccccc56)cccc4c3c2)c2ccccc12. The molecular formula is C54H36S. The van der Waals surface area contributed by atoms with E-state index in [2.05, 4.69) is 196 Å². The minimum absolute atomic E-state index is 1.25. The third-order valence-electron chi connectivity index (χ3n) is 11.7. The van der Waals surface area contributed by atoms with E-state index < -0.39 is 0 Å². The molecule has 0 N–H and O–H groups in total. The van der Waals surface area contributed by atoms with Gasteiger partial charge in [0.15, 0.2) is 0 Å². The fourth-order valence-corrected chi connectivity index (χ4v) is 10.6. The molecule has 1 heteroatoms. The smallest absolute Gasteiger partial charge is 0.0434 e. The standard InChI is InChI=1S/C54H36S/c1-33-16-14-17-34(2)49(33)53-43-26-12-8-22-39(43)51(40-23-9-13-27-44(40)53)36-30-31-48-47(32-36)45-28-15-29-46(54(45)55-48)52-41-24-10-6-20-37(41)50(35-18-4-3-5-19-35)38-21-7-11-25-42(38)52/h3-32H,1-2H3. The van der Waals surface area contributed by atoms with Crippen LogP contribution in [0.5, 0.6) is 0 Å². The predicted octanol–water partition coefficient (Wildman–Crippen LogP) is 16.0. The third-order valence-corrected chi connectivity index (χ3v) is 12.9. The molecule has 0 saturated carbocycles. The van der Waals surface area contributed by atoms with E-state index in [0.29, 0.717) is 0 Å². The van der Waals surface area contributed by atoms with E-state index in [-0.39, 0.29) is 0 Å². The van der Waals surface area contributed by atoms with Gasteiger partial charge in [-0.15, -0.1) is 11.3 Å². The van der Waals surface area contributed by atoms with Gasteiger partial charge in [0.1, 0.15) is 0 Å². The van der Waals surface area contributed by atoms with Crippen molar-refractivity contribution in [3.63, 3.8) is 0 Å². The Morgan fingerprint density at radius 2 is 0.727 bits per heavy atom. The summed E-state index contributed by atoms with van der Waals surface area (Å²) in [4.78, 5) is 0. The lowest BCUT2D eigenvalue weighted by Gasteiger charge is -2.20. The van der Waals surface area contributed by atoms with Crippen LogP contribution in [0.4, 0.5) is 0 Å². The molecule has 11 rings (SSSR count). The molecule has 0 amide bonds. The van der Waals surface area contributed by atoms with Crippen molar-refractivity contribution in [3.8, 4) is 44.5 Å². The maximum absolute atomic E-state index is 2.46. The molecule has 0 unspecified atom stereocenters. The zero-order chi connectivity index (χ0) is 36.6. The van der Waals surface area contributed by atoms with E-state index in [1.165, 1.54) is 119 Å². The average Bonchev–Trinajstić information content (AvgIpc) is 3.61. The van der Waals surface area contributed by atoms with Crippen LogP contribution in [0.15, 0.2) is 182 Å². The number of aryl methyl sites for hydroxylation is 2. The molecule has 1 aromatic heterocycles. The van der Waals surface area contributed by atoms with Gasteiger partial charge in [-0.25, -0.2) is 0 Å². The molecule has 0 bridgehead atoms. The van der Waals surface area contributed by atoms with Crippen LogP contribution in [0.1, 0.15) is 11.1 Å². The Labute approximate surface area is 324 Å². The Morgan fingerprint density at radius 1 is 0.291 bits per heavy atom. The van der Waals surface area contributed by atoms with Gasteiger partial charge in [-0.1, -0.05) is 170 Å². The van der Waals surface area contributed by atoms with Crippen LogP contribution in [-0.2, 0) is 0 Å². The van der Waals surface area contributed by atoms with Gasteiger partial charge < -0.3 is 0 Å². The highest BCUT2D eigenvalue weighted by molar-refractivity contribution is 7.26. The highest BCUT2D eigenvalue weighted by Crippen LogP contribution is 2.50. The van der Waals surface area contributed by atoms with Crippen LogP contribution in [-0.4, -0.2) is 0 Å². The van der Waals surface area contributed by atoms with E-state index in [4.69, 9.17) is 0 Å². The Kier molecular flexibility index (Phi) is 7.27. The minimum Gasteiger partial charge on any atom is -0.135 e. The monoisotopic (exact) mass is 716 g/mol. The normalized spacial score (nSPS) is 11.8. The van der Waals surface area contributed by atoms with E-state index in [0.717, 1.165) is 0 Å². The highest BCUT2D eigenvalue weighted by Gasteiger charge is 2.22.